The first-order valence-corrected chi connectivity index (χ1v) is 7.05. The second kappa shape index (κ2) is 4.62. The first kappa shape index (κ1) is 13.7. The van der Waals surface area contributed by atoms with Gasteiger partial charge in [0, 0.05) is 18.7 Å². The summed E-state index contributed by atoms with van der Waals surface area (Å²) in [5, 5.41) is 3.53. The first-order chi connectivity index (χ1) is 9.85. The Hall–Kier alpha value is -2.30. The normalized spacial score (nSPS) is 12.0. The quantitative estimate of drug-likeness (QED) is 0.777. The van der Waals surface area contributed by atoms with Crippen molar-refractivity contribution in [3.8, 4) is 11.4 Å². The number of aromatic nitrogens is 3. The van der Waals surface area contributed by atoms with Gasteiger partial charge in [-0.05, 0) is 39.8 Å². The van der Waals surface area contributed by atoms with E-state index in [4.69, 9.17) is 9.40 Å². The zero-order valence-electron chi connectivity index (χ0n) is 13.1. The average Bonchev–Trinajstić information content (AvgIpc) is 2.89. The minimum atomic E-state index is -0.0762. The fourth-order valence-corrected chi connectivity index (χ4v) is 2.38. The molecule has 3 heterocycles. The highest BCUT2D eigenvalue weighted by atomic mass is 16.4. The third-order valence-electron chi connectivity index (χ3n) is 3.15. The van der Waals surface area contributed by atoms with E-state index in [1.165, 1.54) is 0 Å². The molecule has 0 radical (unpaired) electrons. The van der Waals surface area contributed by atoms with Gasteiger partial charge in [-0.3, -0.25) is 4.40 Å². The van der Waals surface area contributed by atoms with Gasteiger partial charge < -0.3 is 9.73 Å². The molecule has 0 aliphatic carbocycles. The summed E-state index contributed by atoms with van der Waals surface area (Å²) in [7, 11) is 0. The molecule has 0 amide bonds. The van der Waals surface area contributed by atoms with Crippen LogP contribution in [0.4, 0.5) is 5.82 Å². The van der Waals surface area contributed by atoms with Gasteiger partial charge in [0.2, 0.25) is 0 Å². The number of imidazole rings is 1. The summed E-state index contributed by atoms with van der Waals surface area (Å²) in [6.45, 7) is 10.1. The zero-order chi connectivity index (χ0) is 15.2. The molecule has 5 heteroatoms. The fourth-order valence-electron chi connectivity index (χ4n) is 2.38. The van der Waals surface area contributed by atoms with Crippen LogP contribution in [0.2, 0.25) is 0 Å². The van der Waals surface area contributed by atoms with Gasteiger partial charge in [0.05, 0.1) is 0 Å². The van der Waals surface area contributed by atoms with E-state index < -0.39 is 0 Å². The molecule has 0 saturated carbocycles. The standard InChI is InChI=1S/C16H20N4O/c1-10-13(17-11(2)21-10)14-15(19-16(3,4)5)20-9-7-6-8-12(20)18-14/h6-9,19H,1-5H3. The molecule has 0 aliphatic heterocycles. The third-order valence-corrected chi connectivity index (χ3v) is 3.15. The van der Waals surface area contributed by atoms with Crippen LogP contribution in [0.3, 0.4) is 0 Å². The highest BCUT2D eigenvalue weighted by Crippen LogP contribution is 2.32. The molecule has 3 rings (SSSR count). The summed E-state index contributed by atoms with van der Waals surface area (Å²) in [5.41, 5.74) is 2.43. The molecule has 3 aromatic heterocycles. The van der Waals surface area contributed by atoms with Crippen LogP contribution in [-0.2, 0) is 0 Å². The number of oxazole rings is 1. The maximum Gasteiger partial charge on any atom is 0.191 e. The van der Waals surface area contributed by atoms with E-state index in [0.29, 0.717) is 5.89 Å². The fraction of sp³-hybridized carbons (Fsp3) is 0.375. The van der Waals surface area contributed by atoms with Gasteiger partial charge in [-0.15, -0.1) is 0 Å². The van der Waals surface area contributed by atoms with Crippen molar-refractivity contribution in [1.29, 1.82) is 0 Å². The van der Waals surface area contributed by atoms with Crippen molar-refractivity contribution in [2.24, 2.45) is 0 Å². The molecule has 0 spiro atoms. The Bertz CT molecular complexity index is 792. The van der Waals surface area contributed by atoms with Crippen molar-refractivity contribution in [1.82, 2.24) is 14.4 Å². The molecule has 110 valence electrons. The van der Waals surface area contributed by atoms with E-state index in [9.17, 15) is 0 Å². The van der Waals surface area contributed by atoms with E-state index in [1.807, 2.05) is 42.6 Å². The summed E-state index contributed by atoms with van der Waals surface area (Å²) in [4.78, 5) is 9.20. The number of nitrogens with zero attached hydrogens (tertiary/aromatic N) is 3. The SMILES string of the molecule is Cc1nc(-c2nc3ccccn3c2NC(C)(C)C)c(C)o1. The molecule has 1 N–H and O–H groups in total. The molecule has 0 saturated heterocycles. The Balaban J connectivity index is 2.26. The van der Waals surface area contributed by atoms with Crippen molar-refractivity contribution >= 4 is 11.5 Å². The van der Waals surface area contributed by atoms with Crippen LogP contribution in [0.5, 0.6) is 0 Å². The van der Waals surface area contributed by atoms with E-state index in [0.717, 1.165) is 28.6 Å². The Labute approximate surface area is 124 Å². The molecular weight excluding hydrogens is 264 g/mol. The smallest absolute Gasteiger partial charge is 0.191 e. The number of nitrogens with one attached hydrogen (secondary N) is 1. The number of anilines is 1. The average molecular weight is 284 g/mol. The molecule has 0 fully saturated rings. The summed E-state index contributed by atoms with van der Waals surface area (Å²) >= 11 is 0. The molecule has 0 bridgehead atoms. The second-order valence-electron chi connectivity index (χ2n) is 6.25. The van der Waals surface area contributed by atoms with E-state index >= 15 is 0 Å². The molecule has 21 heavy (non-hydrogen) atoms. The maximum absolute atomic E-state index is 5.56. The largest absolute Gasteiger partial charge is 0.446 e. The van der Waals surface area contributed by atoms with Crippen molar-refractivity contribution in [2.75, 3.05) is 5.32 Å². The number of aryl methyl sites for hydroxylation is 2. The van der Waals surface area contributed by atoms with Crippen LogP contribution < -0.4 is 5.32 Å². The van der Waals surface area contributed by atoms with Gasteiger partial charge in [-0.2, -0.15) is 0 Å². The topological polar surface area (TPSA) is 55.4 Å². The minimum absolute atomic E-state index is 0.0762. The van der Waals surface area contributed by atoms with Crippen LogP contribution in [0.15, 0.2) is 28.8 Å². The molecular formula is C16H20N4O. The monoisotopic (exact) mass is 284 g/mol. The van der Waals surface area contributed by atoms with E-state index in [-0.39, 0.29) is 5.54 Å². The van der Waals surface area contributed by atoms with Gasteiger partial charge >= 0.3 is 0 Å². The predicted octanol–water partition coefficient (Wildman–Crippen LogP) is 3.82. The number of rotatable bonds is 2. The van der Waals surface area contributed by atoms with Gasteiger partial charge in [-0.1, -0.05) is 6.07 Å². The number of hydrogen-bond donors (Lipinski definition) is 1. The third kappa shape index (κ3) is 2.51. The predicted molar refractivity (Wildman–Crippen MR) is 83.5 cm³/mol. The van der Waals surface area contributed by atoms with Gasteiger partial charge in [0.1, 0.15) is 28.6 Å². The summed E-state index contributed by atoms with van der Waals surface area (Å²) < 4.78 is 7.61. The van der Waals surface area contributed by atoms with Crippen LogP contribution >= 0.6 is 0 Å². The Morgan fingerprint density at radius 2 is 1.86 bits per heavy atom. The van der Waals surface area contributed by atoms with Crippen LogP contribution in [0.25, 0.3) is 17.0 Å². The molecule has 3 aromatic rings. The summed E-state index contributed by atoms with van der Waals surface area (Å²) in [6, 6.07) is 5.96. The lowest BCUT2D eigenvalue weighted by atomic mass is 10.1. The Morgan fingerprint density at radius 3 is 2.48 bits per heavy atom. The highest BCUT2D eigenvalue weighted by molar-refractivity contribution is 5.75. The number of fused-ring (bicyclic) bond motifs is 1. The van der Waals surface area contributed by atoms with Gasteiger partial charge in [0.15, 0.2) is 5.89 Å². The highest BCUT2D eigenvalue weighted by Gasteiger charge is 2.22. The van der Waals surface area contributed by atoms with Crippen LogP contribution in [0.1, 0.15) is 32.4 Å². The molecule has 0 aromatic carbocycles. The van der Waals surface area contributed by atoms with Crippen molar-refractivity contribution in [3.63, 3.8) is 0 Å². The molecule has 0 unspecified atom stereocenters. The molecule has 0 aliphatic rings. The first-order valence-electron chi connectivity index (χ1n) is 7.05. The lowest BCUT2D eigenvalue weighted by molar-refractivity contribution is 0.494. The summed E-state index contributed by atoms with van der Waals surface area (Å²) in [5.74, 6) is 2.38. The lowest BCUT2D eigenvalue weighted by Gasteiger charge is -2.22. The van der Waals surface area contributed by atoms with Crippen LogP contribution in [-0.4, -0.2) is 19.9 Å². The van der Waals surface area contributed by atoms with Crippen LogP contribution in [0, 0.1) is 13.8 Å². The molecule has 0 atom stereocenters. The lowest BCUT2D eigenvalue weighted by Crippen LogP contribution is -2.27. The Morgan fingerprint density at radius 1 is 1.10 bits per heavy atom. The van der Waals surface area contributed by atoms with E-state index in [1.54, 1.807) is 0 Å². The van der Waals surface area contributed by atoms with Crippen molar-refractivity contribution < 1.29 is 4.42 Å². The number of hydrogen-bond acceptors (Lipinski definition) is 4. The minimum Gasteiger partial charge on any atom is -0.446 e. The Kier molecular flexibility index (Phi) is 3.01. The van der Waals surface area contributed by atoms with Gasteiger partial charge in [0.25, 0.3) is 0 Å². The molecule has 5 nitrogen and oxygen atoms in total. The second-order valence-corrected chi connectivity index (χ2v) is 6.25. The maximum atomic E-state index is 5.56. The van der Waals surface area contributed by atoms with Crippen molar-refractivity contribution in [2.45, 2.75) is 40.2 Å². The zero-order valence-corrected chi connectivity index (χ0v) is 13.1. The number of pyridine rings is 1. The van der Waals surface area contributed by atoms with Crippen molar-refractivity contribution in [3.05, 3.63) is 36.0 Å². The van der Waals surface area contributed by atoms with Gasteiger partial charge in [-0.25, -0.2) is 9.97 Å². The summed E-state index contributed by atoms with van der Waals surface area (Å²) in [6.07, 6.45) is 2.00. The van der Waals surface area contributed by atoms with E-state index in [2.05, 4.69) is 31.1 Å².